The number of hydrogen-bond donors (Lipinski definition) is 1. The first-order valence-corrected chi connectivity index (χ1v) is 13.7. The summed E-state index contributed by atoms with van der Waals surface area (Å²) in [6, 6.07) is 0. The summed E-state index contributed by atoms with van der Waals surface area (Å²) in [5.41, 5.74) is -0.458. The number of halogens is 3. The predicted molar refractivity (Wildman–Crippen MR) is 135 cm³/mol. The average Bonchev–Trinajstić information content (AvgIpc) is 3.54. The van der Waals surface area contributed by atoms with E-state index in [0.29, 0.717) is 51.3 Å². The highest BCUT2D eigenvalue weighted by Crippen LogP contribution is 2.48. The van der Waals surface area contributed by atoms with E-state index in [1.807, 2.05) is 6.92 Å². The first-order chi connectivity index (χ1) is 19.1. The minimum absolute atomic E-state index is 0.00516. The van der Waals surface area contributed by atoms with Crippen molar-refractivity contribution in [2.75, 3.05) is 39.5 Å². The van der Waals surface area contributed by atoms with Gasteiger partial charge in [-0.1, -0.05) is 13.8 Å². The third kappa shape index (κ3) is 5.67. The van der Waals surface area contributed by atoms with Gasteiger partial charge in [0, 0.05) is 50.8 Å². The number of amides is 2. The van der Waals surface area contributed by atoms with Crippen LogP contribution in [0.25, 0.3) is 11.3 Å². The number of carbonyl (C=O) groups is 3. The molecule has 2 aliphatic heterocycles. The molecule has 0 radical (unpaired) electrons. The number of ether oxygens (including phenoxy) is 2. The van der Waals surface area contributed by atoms with Gasteiger partial charge in [0.25, 0.3) is 11.8 Å². The molecule has 1 N–H and O–H groups in total. The fourth-order valence-electron chi connectivity index (χ4n) is 5.63. The van der Waals surface area contributed by atoms with E-state index < -0.39 is 41.2 Å². The van der Waals surface area contributed by atoms with Crippen molar-refractivity contribution in [2.24, 2.45) is 5.92 Å². The Kier molecular flexibility index (Phi) is 8.05. The summed E-state index contributed by atoms with van der Waals surface area (Å²) in [4.78, 5) is 38.4. The Morgan fingerprint density at radius 3 is 2.58 bits per heavy atom. The number of likely N-dealkylation sites (tertiary alicyclic amines) is 1. The summed E-state index contributed by atoms with van der Waals surface area (Å²) in [5, 5.41) is 7.05. The molecule has 0 unspecified atom stereocenters. The van der Waals surface area contributed by atoms with Gasteiger partial charge in [-0.05, 0) is 24.7 Å². The minimum Gasteiger partial charge on any atom is -0.455 e. The van der Waals surface area contributed by atoms with E-state index in [9.17, 15) is 27.6 Å². The van der Waals surface area contributed by atoms with Crippen molar-refractivity contribution in [2.45, 2.75) is 64.3 Å². The smallest absolute Gasteiger partial charge is 0.420 e. The van der Waals surface area contributed by atoms with E-state index in [0.717, 1.165) is 0 Å². The summed E-state index contributed by atoms with van der Waals surface area (Å²) in [6.07, 6.45) is -1.83. The molecule has 4 heterocycles. The molecule has 2 aromatic rings. The van der Waals surface area contributed by atoms with Crippen LogP contribution >= 0.6 is 0 Å². The maximum absolute atomic E-state index is 14.4. The van der Waals surface area contributed by atoms with Crippen LogP contribution in [0.2, 0.25) is 0 Å². The third-order valence-electron chi connectivity index (χ3n) is 7.80. The van der Waals surface area contributed by atoms with Gasteiger partial charge in [0.2, 0.25) is 11.5 Å². The molecule has 3 aliphatic rings. The molecule has 13 heteroatoms. The predicted octanol–water partition coefficient (Wildman–Crippen LogP) is 3.18. The quantitative estimate of drug-likeness (QED) is 0.512. The zero-order valence-electron chi connectivity index (χ0n) is 22.5. The summed E-state index contributed by atoms with van der Waals surface area (Å²) in [7, 11) is 0. The van der Waals surface area contributed by atoms with Crippen LogP contribution in [0.4, 0.5) is 13.2 Å². The molecular formula is C27H33F3N4O6. The lowest BCUT2D eigenvalue weighted by Gasteiger charge is -2.31. The maximum Gasteiger partial charge on any atom is 0.420 e. The number of Topliss-reactive ketones (excluding diaryl/α,β-unsaturated/α-hetero) is 1. The van der Waals surface area contributed by atoms with Gasteiger partial charge in [-0.2, -0.15) is 18.3 Å². The van der Waals surface area contributed by atoms with Crippen molar-refractivity contribution in [3.8, 4) is 11.3 Å². The van der Waals surface area contributed by atoms with Crippen LogP contribution in [0, 0.1) is 5.92 Å². The first kappa shape index (κ1) is 28.3. The second-order valence-corrected chi connectivity index (χ2v) is 10.7. The zero-order chi connectivity index (χ0) is 28.6. The molecule has 2 saturated heterocycles. The van der Waals surface area contributed by atoms with Crippen LogP contribution in [0.3, 0.4) is 0 Å². The molecule has 1 aliphatic carbocycles. The Balaban J connectivity index is 1.35. The molecule has 40 heavy (non-hydrogen) atoms. The molecule has 5 rings (SSSR count). The molecule has 0 bridgehead atoms. The van der Waals surface area contributed by atoms with E-state index >= 15 is 0 Å². The lowest BCUT2D eigenvalue weighted by molar-refractivity contribution is -0.145. The number of piperidine rings is 1. The maximum atomic E-state index is 14.4. The summed E-state index contributed by atoms with van der Waals surface area (Å²) in [5.74, 6) is -2.53. The van der Waals surface area contributed by atoms with Gasteiger partial charge in [0.05, 0.1) is 37.2 Å². The number of furan rings is 1. The number of aromatic nitrogens is 2. The SMILES string of the molecule is CCC(=O)C(=O)N1CCC(Cn2cc3c(n2)-c2c(oc(C(=O)NC[C@@H]4COCCO4)c2C(F)(F)F)C[C@H]3C)CC1. The number of rotatable bonds is 7. The molecule has 10 nitrogen and oxygen atoms in total. The number of fused-ring (bicyclic) bond motifs is 3. The molecule has 2 atom stereocenters. The van der Waals surface area contributed by atoms with E-state index in [4.69, 9.17) is 13.9 Å². The molecule has 0 aromatic carbocycles. The van der Waals surface area contributed by atoms with Crippen molar-refractivity contribution in [3.63, 3.8) is 0 Å². The number of nitrogens with one attached hydrogen (secondary N) is 1. The second-order valence-electron chi connectivity index (χ2n) is 10.7. The average molecular weight is 567 g/mol. The Hall–Kier alpha value is -3.19. The lowest BCUT2D eigenvalue weighted by Crippen LogP contribution is -2.42. The summed E-state index contributed by atoms with van der Waals surface area (Å²) in [6.45, 7) is 5.93. The van der Waals surface area contributed by atoms with Gasteiger partial charge in [-0.15, -0.1) is 0 Å². The van der Waals surface area contributed by atoms with Crippen LogP contribution in [0.1, 0.15) is 66.5 Å². The van der Waals surface area contributed by atoms with Crippen molar-refractivity contribution >= 4 is 17.6 Å². The van der Waals surface area contributed by atoms with E-state index in [2.05, 4.69) is 10.4 Å². The highest BCUT2D eigenvalue weighted by molar-refractivity contribution is 6.35. The van der Waals surface area contributed by atoms with Crippen molar-refractivity contribution < 1.29 is 41.4 Å². The van der Waals surface area contributed by atoms with E-state index in [1.54, 1.807) is 22.7 Å². The van der Waals surface area contributed by atoms with Crippen LogP contribution in [-0.4, -0.2) is 77.8 Å². The standard InChI is InChI=1S/C27H33F3N4O6/c1-3-19(35)26(37)33-6-4-16(5-7-33)12-34-13-18-15(2)10-20-21(23(18)32-34)22(27(28,29)30)24(40-20)25(36)31-11-17-14-38-8-9-39-17/h13,15-17H,3-12,14H2,1-2H3,(H,31,36)/t15-,17-/m1/s1. The molecule has 2 amide bonds. The minimum atomic E-state index is -4.84. The van der Waals surface area contributed by atoms with Gasteiger partial charge in [0.15, 0.2) is 0 Å². The topological polar surface area (TPSA) is 116 Å². The Labute approximate surface area is 229 Å². The van der Waals surface area contributed by atoms with E-state index in [1.165, 1.54) is 0 Å². The first-order valence-electron chi connectivity index (χ1n) is 13.7. The largest absolute Gasteiger partial charge is 0.455 e. The fraction of sp³-hybridized carbons (Fsp3) is 0.630. The number of hydrogen-bond acceptors (Lipinski definition) is 7. The van der Waals surface area contributed by atoms with Gasteiger partial charge < -0.3 is 24.1 Å². The molecule has 0 saturated carbocycles. The van der Waals surface area contributed by atoms with Gasteiger partial charge >= 0.3 is 6.18 Å². The van der Waals surface area contributed by atoms with Crippen molar-refractivity contribution in [1.29, 1.82) is 0 Å². The van der Waals surface area contributed by atoms with Crippen LogP contribution in [0.15, 0.2) is 10.6 Å². The molecular weight excluding hydrogens is 533 g/mol. The van der Waals surface area contributed by atoms with Crippen LogP contribution in [0.5, 0.6) is 0 Å². The lowest BCUT2D eigenvalue weighted by atomic mass is 9.86. The van der Waals surface area contributed by atoms with Gasteiger partial charge in [0.1, 0.15) is 11.3 Å². The monoisotopic (exact) mass is 566 g/mol. The zero-order valence-corrected chi connectivity index (χ0v) is 22.5. The Bertz CT molecular complexity index is 1270. The molecule has 218 valence electrons. The summed E-state index contributed by atoms with van der Waals surface area (Å²) >= 11 is 0. The Morgan fingerprint density at radius 2 is 1.93 bits per heavy atom. The number of ketones is 1. The molecule has 0 spiro atoms. The van der Waals surface area contributed by atoms with Gasteiger partial charge in [-0.3, -0.25) is 19.1 Å². The van der Waals surface area contributed by atoms with Crippen LogP contribution in [-0.2, 0) is 38.2 Å². The normalized spacial score (nSPS) is 21.6. The van der Waals surface area contributed by atoms with E-state index in [-0.39, 0.29) is 54.8 Å². The van der Waals surface area contributed by atoms with Crippen molar-refractivity contribution in [1.82, 2.24) is 20.0 Å². The molecule has 2 aromatic heterocycles. The number of carbonyl (C=O) groups excluding carboxylic acids is 3. The number of alkyl halides is 3. The fourth-order valence-corrected chi connectivity index (χ4v) is 5.63. The number of nitrogens with zero attached hydrogens (tertiary/aromatic N) is 3. The highest BCUT2D eigenvalue weighted by atomic mass is 19.4. The van der Waals surface area contributed by atoms with Gasteiger partial charge in [-0.25, -0.2) is 0 Å². The van der Waals surface area contributed by atoms with Crippen molar-refractivity contribution in [3.05, 3.63) is 28.8 Å². The summed E-state index contributed by atoms with van der Waals surface area (Å²) < 4.78 is 61.2. The Morgan fingerprint density at radius 1 is 1.18 bits per heavy atom. The third-order valence-corrected chi connectivity index (χ3v) is 7.80. The highest BCUT2D eigenvalue weighted by Gasteiger charge is 2.46. The second kappa shape index (κ2) is 11.4. The molecule has 2 fully saturated rings. The van der Waals surface area contributed by atoms with Crippen LogP contribution < -0.4 is 5.32 Å².